The van der Waals surface area contributed by atoms with Crippen molar-refractivity contribution < 1.29 is 0 Å². The van der Waals surface area contributed by atoms with Gasteiger partial charge in [-0.15, -0.1) is 0 Å². The number of hydrogen-bond acceptors (Lipinski definition) is 1. The van der Waals surface area contributed by atoms with Crippen molar-refractivity contribution in [2.24, 2.45) is 10.9 Å². The van der Waals surface area contributed by atoms with Crippen molar-refractivity contribution in [1.29, 1.82) is 0 Å². The minimum atomic E-state index is 0.970. The van der Waals surface area contributed by atoms with E-state index in [0.717, 1.165) is 12.5 Å². The first-order valence-electron chi connectivity index (χ1n) is 2.82. The van der Waals surface area contributed by atoms with Crippen molar-refractivity contribution in [2.45, 2.75) is 12.8 Å². The largest absolute Gasteiger partial charge is 0.297 e. The molecule has 37 valence electrons. The van der Waals surface area contributed by atoms with Crippen molar-refractivity contribution in [1.82, 2.24) is 0 Å². The van der Waals surface area contributed by atoms with Gasteiger partial charge < -0.3 is 0 Å². The molecular weight excluding hydrogens is 86.1 g/mol. The van der Waals surface area contributed by atoms with E-state index >= 15 is 0 Å². The highest BCUT2D eigenvalue weighted by Gasteiger charge is 2.37. The predicted octanol–water partition coefficient (Wildman–Crippen LogP) is 1.06. The fourth-order valence-corrected chi connectivity index (χ4v) is 1.08. The zero-order valence-electron chi connectivity index (χ0n) is 4.22. The van der Waals surface area contributed by atoms with Crippen LogP contribution in [0.3, 0.4) is 0 Å². The molecule has 0 aromatic heterocycles. The quantitative estimate of drug-likeness (QED) is 0.425. The van der Waals surface area contributed by atoms with Gasteiger partial charge in [0.2, 0.25) is 0 Å². The van der Waals surface area contributed by atoms with Gasteiger partial charge in [0.05, 0.1) is 0 Å². The third-order valence-corrected chi connectivity index (χ3v) is 1.71. The van der Waals surface area contributed by atoms with Gasteiger partial charge in [-0.3, -0.25) is 4.99 Å². The van der Waals surface area contributed by atoms with Crippen LogP contribution in [0, 0.1) is 11.8 Å². The van der Waals surface area contributed by atoms with E-state index in [0.29, 0.717) is 0 Å². The smallest absolute Gasteiger partial charge is 0.0388 e. The standard InChI is InChI=1S/C6H8N/c1-2-7-4-6-3-5(1)6/h4-5H,1-3H2. The summed E-state index contributed by atoms with van der Waals surface area (Å²) in [6.07, 6.45) is 4.73. The molecule has 1 heterocycles. The molecule has 0 spiro atoms. The number of aliphatic imine (C=N–C) groups is 1. The third kappa shape index (κ3) is 0.476. The minimum absolute atomic E-state index is 0.970. The van der Waals surface area contributed by atoms with Crippen LogP contribution in [0.15, 0.2) is 4.99 Å². The zero-order chi connectivity index (χ0) is 4.69. The Morgan fingerprint density at radius 2 is 2.71 bits per heavy atom. The lowest BCUT2D eigenvalue weighted by atomic mass is 10.2. The second-order valence-corrected chi connectivity index (χ2v) is 2.30. The molecule has 0 aromatic rings. The van der Waals surface area contributed by atoms with E-state index in [-0.39, 0.29) is 0 Å². The van der Waals surface area contributed by atoms with Crippen molar-refractivity contribution in [3.8, 4) is 0 Å². The second kappa shape index (κ2) is 1.09. The lowest BCUT2D eigenvalue weighted by Crippen LogP contribution is -1.93. The van der Waals surface area contributed by atoms with Gasteiger partial charge in [0.1, 0.15) is 0 Å². The summed E-state index contributed by atoms with van der Waals surface area (Å²) in [5.74, 6) is 2.56. The predicted molar refractivity (Wildman–Crippen MR) is 29.3 cm³/mol. The topological polar surface area (TPSA) is 12.4 Å². The maximum Gasteiger partial charge on any atom is 0.0388 e. The SMILES string of the molecule is C1=NCCC2C[C]12. The molecule has 2 aliphatic rings. The Bertz CT molecular complexity index is 107. The molecule has 0 aromatic carbocycles. The van der Waals surface area contributed by atoms with E-state index in [1.165, 1.54) is 12.8 Å². The molecule has 0 bridgehead atoms. The highest BCUT2D eigenvalue weighted by molar-refractivity contribution is 5.80. The maximum atomic E-state index is 4.14. The minimum Gasteiger partial charge on any atom is -0.297 e. The normalized spacial score (nSPS) is 38.0. The molecule has 1 radical (unpaired) electrons. The molecule has 1 saturated carbocycles. The first-order valence-corrected chi connectivity index (χ1v) is 2.82. The lowest BCUT2D eigenvalue weighted by molar-refractivity contribution is 0.743. The molecule has 1 aliphatic heterocycles. The number of nitrogens with zero attached hydrogens (tertiary/aromatic N) is 1. The lowest BCUT2D eigenvalue weighted by Gasteiger charge is -1.96. The maximum absolute atomic E-state index is 4.14. The molecule has 1 fully saturated rings. The molecule has 1 nitrogen and oxygen atoms in total. The number of fused-ring (bicyclic) bond motifs is 1. The van der Waals surface area contributed by atoms with Gasteiger partial charge >= 0.3 is 0 Å². The monoisotopic (exact) mass is 94.1 g/mol. The Kier molecular flexibility index (Phi) is 0.566. The summed E-state index contributed by atoms with van der Waals surface area (Å²) in [7, 11) is 0. The molecule has 7 heavy (non-hydrogen) atoms. The van der Waals surface area contributed by atoms with E-state index in [4.69, 9.17) is 0 Å². The van der Waals surface area contributed by atoms with E-state index in [1.807, 2.05) is 6.21 Å². The fraction of sp³-hybridized carbons (Fsp3) is 0.667. The summed E-state index contributed by atoms with van der Waals surface area (Å²) in [5, 5.41) is 0. The highest BCUT2D eigenvalue weighted by atomic mass is 14.8. The molecule has 1 unspecified atom stereocenters. The molecule has 1 heteroatoms. The van der Waals surface area contributed by atoms with Crippen LogP contribution in [0.2, 0.25) is 0 Å². The Balaban J connectivity index is 2.14. The first kappa shape index (κ1) is 3.65. The summed E-state index contributed by atoms with van der Waals surface area (Å²) in [6.45, 7) is 1.08. The molecule has 0 N–H and O–H groups in total. The highest BCUT2D eigenvalue weighted by Crippen LogP contribution is 2.43. The Morgan fingerprint density at radius 1 is 1.71 bits per heavy atom. The molecule has 0 saturated heterocycles. The van der Waals surface area contributed by atoms with Crippen LogP contribution in [0.4, 0.5) is 0 Å². The summed E-state index contributed by atoms with van der Waals surface area (Å²) < 4.78 is 0. The van der Waals surface area contributed by atoms with Gasteiger partial charge in [0.15, 0.2) is 0 Å². The van der Waals surface area contributed by atoms with Crippen LogP contribution in [0.5, 0.6) is 0 Å². The van der Waals surface area contributed by atoms with E-state index in [2.05, 4.69) is 4.99 Å². The zero-order valence-corrected chi connectivity index (χ0v) is 4.22. The third-order valence-electron chi connectivity index (χ3n) is 1.71. The summed E-state index contributed by atoms with van der Waals surface area (Å²) in [5.41, 5.74) is 0. The molecule has 0 amide bonds. The molecular formula is C6H8N. The number of rotatable bonds is 0. The fourth-order valence-electron chi connectivity index (χ4n) is 1.08. The summed E-state index contributed by atoms with van der Waals surface area (Å²) >= 11 is 0. The van der Waals surface area contributed by atoms with Crippen molar-refractivity contribution in [2.75, 3.05) is 6.54 Å². The molecule has 1 atom stereocenters. The van der Waals surface area contributed by atoms with Gasteiger partial charge in [-0.25, -0.2) is 0 Å². The Hall–Kier alpha value is -0.330. The summed E-state index contributed by atoms with van der Waals surface area (Å²) in [4.78, 5) is 4.14. The molecule has 1 aliphatic carbocycles. The average Bonchev–Trinajstić information content (AvgIpc) is 2.41. The average molecular weight is 94.1 g/mol. The van der Waals surface area contributed by atoms with E-state index in [1.54, 1.807) is 5.92 Å². The second-order valence-electron chi connectivity index (χ2n) is 2.30. The first-order chi connectivity index (χ1) is 3.47. The van der Waals surface area contributed by atoms with E-state index < -0.39 is 0 Å². The Morgan fingerprint density at radius 3 is 3.29 bits per heavy atom. The van der Waals surface area contributed by atoms with E-state index in [9.17, 15) is 0 Å². The van der Waals surface area contributed by atoms with Gasteiger partial charge in [-0.05, 0) is 18.8 Å². The van der Waals surface area contributed by atoms with Crippen LogP contribution in [0.25, 0.3) is 0 Å². The van der Waals surface area contributed by atoms with Gasteiger partial charge in [-0.2, -0.15) is 0 Å². The van der Waals surface area contributed by atoms with Crippen molar-refractivity contribution in [3.05, 3.63) is 5.92 Å². The Labute approximate surface area is 43.4 Å². The van der Waals surface area contributed by atoms with Crippen LogP contribution >= 0.6 is 0 Å². The van der Waals surface area contributed by atoms with Crippen LogP contribution in [0.1, 0.15) is 12.8 Å². The van der Waals surface area contributed by atoms with Gasteiger partial charge in [0.25, 0.3) is 0 Å². The van der Waals surface area contributed by atoms with Crippen molar-refractivity contribution in [3.63, 3.8) is 0 Å². The summed E-state index contributed by atoms with van der Waals surface area (Å²) in [6, 6.07) is 0. The van der Waals surface area contributed by atoms with Gasteiger partial charge in [-0.1, -0.05) is 0 Å². The van der Waals surface area contributed by atoms with Crippen LogP contribution < -0.4 is 0 Å². The van der Waals surface area contributed by atoms with Gasteiger partial charge in [0, 0.05) is 18.7 Å². The number of hydrogen-bond donors (Lipinski definition) is 0. The van der Waals surface area contributed by atoms with Crippen LogP contribution in [-0.4, -0.2) is 12.8 Å². The van der Waals surface area contributed by atoms with Crippen molar-refractivity contribution >= 4 is 6.21 Å². The molecule has 2 rings (SSSR count). The van der Waals surface area contributed by atoms with Crippen LogP contribution in [-0.2, 0) is 0 Å².